The van der Waals surface area contributed by atoms with Crippen molar-refractivity contribution in [2.45, 2.75) is 24.8 Å². The van der Waals surface area contributed by atoms with Gasteiger partial charge in [0.1, 0.15) is 5.75 Å². The van der Waals surface area contributed by atoms with Crippen molar-refractivity contribution >= 4 is 23.2 Å². The van der Waals surface area contributed by atoms with E-state index in [2.05, 4.69) is 5.32 Å². The van der Waals surface area contributed by atoms with E-state index in [0.29, 0.717) is 10.8 Å². The Morgan fingerprint density at radius 2 is 1.80 bits per heavy atom. The first-order chi connectivity index (χ1) is 12.0. The van der Waals surface area contributed by atoms with Gasteiger partial charge in [-0.2, -0.15) is 0 Å². The van der Waals surface area contributed by atoms with Crippen molar-refractivity contribution < 1.29 is 14.5 Å². The molecule has 0 unspecified atom stereocenters. The summed E-state index contributed by atoms with van der Waals surface area (Å²) in [5.74, 6) is 0.183. The summed E-state index contributed by atoms with van der Waals surface area (Å²) in [6, 6.07) is 13.1. The number of amides is 1. The van der Waals surface area contributed by atoms with Crippen LogP contribution in [-0.4, -0.2) is 17.4 Å². The second-order valence-corrected chi connectivity index (χ2v) is 6.47. The maximum absolute atomic E-state index is 12.3. The Balaban J connectivity index is 1.59. The van der Waals surface area contributed by atoms with Gasteiger partial charge in [0.25, 0.3) is 11.6 Å². The van der Waals surface area contributed by atoms with Gasteiger partial charge in [0.15, 0.2) is 6.61 Å². The van der Waals surface area contributed by atoms with E-state index in [4.69, 9.17) is 16.3 Å². The van der Waals surface area contributed by atoms with Gasteiger partial charge in [-0.3, -0.25) is 14.9 Å². The Hall–Kier alpha value is -2.60. The van der Waals surface area contributed by atoms with Crippen molar-refractivity contribution in [1.82, 2.24) is 5.32 Å². The second-order valence-electron chi connectivity index (χ2n) is 6.03. The molecule has 3 rings (SSSR count). The molecule has 6 nitrogen and oxygen atoms in total. The Morgan fingerprint density at radius 1 is 1.16 bits per heavy atom. The van der Waals surface area contributed by atoms with Gasteiger partial charge in [0, 0.05) is 17.2 Å². The van der Waals surface area contributed by atoms with Gasteiger partial charge < -0.3 is 10.1 Å². The average Bonchev–Trinajstić information content (AvgIpc) is 2.57. The first kappa shape index (κ1) is 17.2. The first-order valence-electron chi connectivity index (χ1n) is 7.93. The monoisotopic (exact) mass is 360 g/mol. The summed E-state index contributed by atoms with van der Waals surface area (Å²) >= 11 is 5.93. The van der Waals surface area contributed by atoms with Crippen LogP contribution in [0.1, 0.15) is 24.8 Å². The number of nitro benzene ring substituents is 1. The topological polar surface area (TPSA) is 81.5 Å². The van der Waals surface area contributed by atoms with Crippen LogP contribution in [-0.2, 0) is 10.3 Å². The predicted octanol–water partition coefficient (Wildman–Crippen LogP) is 3.82. The Bertz CT molecular complexity index is 771. The standard InChI is InChI=1S/C18H17ClN2O4/c19-14-4-2-13(3-5-14)18(10-1-11-18)20-17(22)12-25-16-8-6-15(7-9-16)21(23)24/h2-9H,1,10-12H2,(H,20,22). The third-order valence-electron chi connectivity index (χ3n) is 4.40. The molecule has 0 heterocycles. The molecule has 1 saturated carbocycles. The van der Waals surface area contributed by atoms with Crippen LogP contribution in [0.2, 0.25) is 5.02 Å². The van der Waals surface area contributed by atoms with Crippen LogP contribution in [0.25, 0.3) is 0 Å². The molecule has 25 heavy (non-hydrogen) atoms. The van der Waals surface area contributed by atoms with Gasteiger partial charge in [-0.05, 0) is 49.1 Å². The summed E-state index contributed by atoms with van der Waals surface area (Å²) in [5, 5.41) is 14.3. The van der Waals surface area contributed by atoms with Crippen molar-refractivity contribution in [3.8, 4) is 5.75 Å². The molecular weight excluding hydrogens is 344 g/mol. The fourth-order valence-corrected chi connectivity index (χ4v) is 3.03. The van der Waals surface area contributed by atoms with Crippen molar-refractivity contribution in [1.29, 1.82) is 0 Å². The molecule has 0 saturated heterocycles. The van der Waals surface area contributed by atoms with E-state index in [0.717, 1.165) is 24.8 Å². The van der Waals surface area contributed by atoms with E-state index >= 15 is 0 Å². The molecule has 1 aliphatic carbocycles. The highest BCUT2D eigenvalue weighted by atomic mass is 35.5. The lowest BCUT2D eigenvalue weighted by atomic mass is 9.72. The summed E-state index contributed by atoms with van der Waals surface area (Å²) in [4.78, 5) is 22.4. The number of hydrogen-bond donors (Lipinski definition) is 1. The number of carbonyl (C=O) groups excluding carboxylic acids is 1. The molecule has 7 heteroatoms. The van der Waals surface area contributed by atoms with E-state index in [-0.39, 0.29) is 23.7 Å². The van der Waals surface area contributed by atoms with E-state index in [1.54, 1.807) is 0 Å². The predicted molar refractivity (Wildman–Crippen MR) is 93.7 cm³/mol. The summed E-state index contributed by atoms with van der Waals surface area (Å²) in [7, 11) is 0. The molecule has 0 radical (unpaired) electrons. The SMILES string of the molecule is O=C(COc1ccc([N+](=O)[O-])cc1)NC1(c2ccc(Cl)cc2)CCC1. The molecular formula is C18H17ClN2O4. The molecule has 1 N–H and O–H groups in total. The highest BCUT2D eigenvalue weighted by Gasteiger charge is 2.39. The van der Waals surface area contributed by atoms with Crippen molar-refractivity contribution in [2.24, 2.45) is 0 Å². The van der Waals surface area contributed by atoms with Gasteiger partial charge in [0.2, 0.25) is 0 Å². The van der Waals surface area contributed by atoms with Crippen LogP contribution in [0.3, 0.4) is 0 Å². The molecule has 1 amide bonds. The van der Waals surface area contributed by atoms with Crippen LogP contribution >= 0.6 is 11.6 Å². The molecule has 0 bridgehead atoms. The number of non-ortho nitro benzene ring substituents is 1. The molecule has 0 spiro atoms. The summed E-state index contributed by atoms with van der Waals surface area (Å²) in [6.45, 7) is -0.146. The van der Waals surface area contributed by atoms with E-state index in [9.17, 15) is 14.9 Å². The Morgan fingerprint density at radius 3 is 2.32 bits per heavy atom. The van der Waals surface area contributed by atoms with Gasteiger partial charge in [0.05, 0.1) is 10.5 Å². The van der Waals surface area contributed by atoms with Crippen molar-refractivity contribution in [3.05, 3.63) is 69.2 Å². The largest absolute Gasteiger partial charge is 0.484 e. The summed E-state index contributed by atoms with van der Waals surface area (Å²) in [6.07, 6.45) is 2.79. The fraction of sp³-hybridized carbons (Fsp3) is 0.278. The number of nitrogens with one attached hydrogen (secondary N) is 1. The summed E-state index contributed by atoms with van der Waals surface area (Å²) < 4.78 is 5.42. The van der Waals surface area contributed by atoms with Gasteiger partial charge >= 0.3 is 0 Å². The average molecular weight is 361 g/mol. The molecule has 1 fully saturated rings. The number of halogens is 1. The van der Waals surface area contributed by atoms with Crippen LogP contribution in [0.5, 0.6) is 5.75 Å². The molecule has 130 valence electrons. The van der Waals surface area contributed by atoms with Crippen molar-refractivity contribution in [2.75, 3.05) is 6.61 Å². The zero-order valence-corrected chi connectivity index (χ0v) is 14.2. The van der Waals surface area contributed by atoms with E-state index in [1.807, 2.05) is 24.3 Å². The van der Waals surface area contributed by atoms with Crippen LogP contribution < -0.4 is 10.1 Å². The fourth-order valence-electron chi connectivity index (χ4n) is 2.90. The first-order valence-corrected chi connectivity index (χ1v) is 8.31. The van der Waals surface area contributed by atoms with E-state index in [1.165, 1.54) is 24.3 Å². The van der Waals surface area contributed by atoms with E-state index < -0.39 is 4.92 Å². The number of benzene rings is 2. The lowest BCUT2D eigenvalue weighted by molar-refractivity contribution is -0.384. The number of ether oxygens (including phenoxy) is 1. The van der Waals surface area contributed by atoms with Crippen LogP contribution in [0.4, 0.5) is 5.69 Å². The minimum absolute atomic E-state index is 0.0204. The Kier molecular flexibility index (Phi) is 4.90. The van der Waals surface area contributed by atoms with Crippen molar-refractivity contribution in [3.63, 3.8) is 0 Å². The maximum atomic E-state index is 12.3. The maximum Gasteiger partial charge on any atom is 0.269 e. The number of rotatable bonds is 6. The molecule has 0 aromatic heterocycles. The van der Waals surface area contributed by atoms with Crippen LogP contribution in [0, 0.1) is 10.1 Å². The lowest BCUT2D eigenvalue weighted by Crippen LogP contribution is -2.52. The van der Waals surface area contributed by atoms with Gasteiger partial charge in [-0.25, -0.2) is 0 Å². The van der Waals surface area contributed by atoms with Gasteiger partial charge in [-0.15, -0.1) is 0 Å². The second kappa shape index (κ2) is 7.11. The molecule has 1 aliphatic rings. The molecule has 2 aromatic rings. The quantitative estimate of drug-likeness (QED) is 0.627. The lowest BCUT2D eigenvalue weighted by Gasteiger charge is -2.43. The molecule has 2 aromatic carbocycles. The van der Waals surface area contributed by atoms with Crippen LogP contribution in [0.15, 0.2) is 48.5 Å². The molecule has 0 aliphatic heterocycles. The smallest absolute Gasteiger partial charge is 0.269 e. The van der Waals surface area contributed by atoms with Gasteiger partial charge in [-0.1, -0.05) is 23.7 Å². The minimum Gasteiger partial charge on any atom is -0.484 e. The normalized spacial score (nSPS) is 15.1. The summed E-state index contributed by atoms with van der Waals surface area (Å²) in [5.41, 5.74) is 0.653. The third kappa shape index (κ3) is 3.91. The third-order valence-corrected chi connectivity index (χ3v) is 4.65. The number of nitrogens with zero attached hydrogens (tertiary/aromatic N) is 1. The number of nitro groups is 1. The zero-order chi connectivity index (χ0) is 17.9. The minimum atomic E-state index is -0.483. The Labute approximate surface area is 149 Å². The highest BCUT2D eigenvalue weighted by molar-refractivity contribution is 6.30. The number of hydrogen-bond acceptors (Lipinski definition) is 4. The molecule has 0 atom stereocenters. The zero-order valence-electron chi connectivity index (χ0n) is 13.4. The highest BCUT2D eigenvalue weighted by Crippen LogP contribution is 2.41. The number of carbonyl (C=O) groups is 1.